The predicted octanol–water partition coefficient (Wildman–Crippen LogP) is 1.66. The first-order valence-electron chi connectivity index (χ1n) is 5.66. The van der Waals surface area contributed by atoms with Gasteiger partial charge in [0.1, 0.15) is 0 Å². The standard InChI is InChI=1S/C13H15NO3S/c1-10-3-5-12(6-4-10)14(11(2)15)13-7-8-18(16,17)9-13/h3-8,13H,9H2,1-2H3/t13-/m1/s1. The van der Waals surface area contributed by atoms with Gasteiger partial charge in [-0.25, -0.2) is 8.42 Å². The molecular weight excluding hydrogens is 250 g/mol. The Labute approximate surface area is 107 Å². The van der Waals surface area contributed by atoms with E-state index < -0.39 is 15.9 Å². The first kappa shape index (κ1) is 12.8. The maximum atomic E-state index is 11.7. The Kier molecular flexibility index (Phi) is 3.26. The summed E-state index contributed by atoms with van der Waals surface area (Å²) in [5.41, 5.74) is 1.82. The van der Waals surface area contributed by atoms with Crippen LogP contribution in [0.4, 0.5) is 5.69 Å². The Hall–Kier alpha value is -1.62. The second-order valence-corrected chi connectivity index (χ2v) is 6.38. The Morgan fingerprint density at radius 2 is 1.89 bits per heavy atom. The van der Waals surface area contributed by atoms with E-state index in [1.165, 1.54) is 17.2 Å². The molecule has 0 saturated carbocycles. The summed E-state index contributed by atoms with van der Waals surface area (Å²) in [6.45, 7) is 3.40. The van der Waals surface area contributed by atoms with Crippen molar-refractivity contribution in [3.63, 3.8) is 0 Å². The zero-order valence-corrected chi connectivity index (χ0v) is 11.1. The molecule has 1 amide bonds. The molecule has 0 spiro atoms. The van der Waals surface area contributed by atoms with Crippen LogP contribution in [0.15, 0.2) is 35.7 Å². The van der Waals surface area contributed by atoms with Gasteiger partial charge in [-0.3, -0.25) is 4.79 Å². The topological polar surface area (TPSA) is 54.5 Å². The zero-order valence-electron chi connectivity index (χ0n) is 10.3. The monoisotopic (exact) mass is 265 g/mol. The van der Waals surface area contributed by atoms with Crippen LogP contribution in [0.2, 0.25) is 0 Å². The summed E-state index contributed by atoms with van der Waals surface area (Å²) in [6.07, 6.45) is 1.57. The fourth-order valence-electron chi connectivity index (χ4n) is 2.03. The van der Waals surface area contributed by atoms with Crippen LogP contribution in [0.5, 0.6) is 0 Å². The van der Waals surface area contributed by atoms with Gasteiger partial charge in [0.15, 0.2) is 9.84 Å². The average molecular weight is 265 g/mol. The number of aryl methyl sites for hydroxylation is 1. The predicted molar refractivity (Wildman–Crippen MR) is 71.1 cm³/mol. The number of nitrogens with zero attached hydrogens (tertiary/aromatic N) is 1. The van der Waals surface area contributed by atoms with E-state index in [-0.39, 0.29) is 11.7 Å². The molecule has 1 heterocycles. The van der Waals surface area contributed by atoms with Gasteiger partial charge in [0, 0.05) is 18.0 Å². The molecule has 0 N–H and O–H groups in total. The number of anilines is 1. The Morgan fingerprint density at radius 3 is 2.33 bits per heavy atom. The number of carbonyl (C=O) groups excluding carboxylic acids is 1. The van der Waals surface area contributed by atoms with E-state index in [4.69, 9.17) is 0 Å². The number of amides is 1. The quantitative estimate of drug-likeness (QED) is 0.817. The lowest BCUT2D eigenvalue weighted by molar-refractivity contribution is -0.116. The summed E-state index contributed by atoms with van der Waals surface area (Å²) in [6, 6.07) is 7.05. The SMILES string of the molecule is CC(=O)N(c1ccc(C)cc1)[C@@H]1C=CS(=O)(=O)C1. The molecule has 1 aliphatic heterocycles. The molecule has 0 aliphatic carbocycles. The van der Waals surface area contributed by atoms with Gasteiger partial charge in [0.05, 0.1) is 11.8 Å². The summed E-state index contributed by atoms with van der Waals surface area (Å²) in [5, 5.41) is 1.18. The van der Waals surface area contributed by atoms with E-state index >= 15 is 0 Å². The van der Waals surface area contributed by atoms with Gasteiger partial charge in [-0.05, 0) is 25.1 Å². The summed E-state index contributed by atoms with van der Waals surface area (Å²) in [4.78, 5) is 13.2. The molecule has 0 unspecified atom stereocenters. The minimum Gasteiger partial charge on any atom is -0.305 e. The smallest absolute Gasteiger partial charge is 0.224 e. The molecule has 2 rings (SSSR count). The van der Waals surface area contributed by atoms with Crippen LogP contribution < -0.4 is 4.90 Å². The number of carbonyl (C=O) groups is 1. The van der Waals surface area contributed by atoms with Crippen molar-refractivity contribution in [3.8, 4) is 0 Å². The third kappa shape index (κ3) is 2.61. The van der Waals surface area contributed by atoms with Crippen molar-refractivity contribution in [2.24, 2.45) is 0 Å². The van der Waals surface area contributed by atoms with Crippen LogP contribution in [0.3, 0.4) is 0 Å². The van der Waals surface area contributed by atoms with E-state index in [0.29, 0.717) is 0 Å². The highest BCUT2D eigenvalue weighted by molar-refractivity contribution is 7.94. The fourth-order valence-corrected chi connectivity index (χ4v) is 3.30. The van der Waals surface area contributed by atoms with Crippen LogP contribution in [0.1, 0.15) is 12.5 Å². The van der Waals surface area contributed by atoms with E-state index in [9.17, 15) is 13.2 Å². The first-order chi connectivity index (χ1) is 8.39. The minimum atomic E-state index is -3.16. The maximum absolute atomic E-state index is 11.7. The van der Waals surface area contributed by atoms with E-state index in [0.717, 1.165) is 11.3 Å². The van der Waals surface area contributed by atoms with Crippen molar-refractivity contribution in [1.82, 2.24) is 0 Å². The average Bonchev–Trinajstić information content (AvgIpc) is 2.61. The lowest BCUT2D eigenvalue weighted by Gasteiger charge is -2.26. The van der Waals surface area contributed by atoms with Crippen molar-refractivity contribution in [1.29, 1.82) is 0 Å². The third-order valence-electron chi connectivity index (χ3n) is 2.89. The summed E-state index contributed by atoms with van der Waals surface area (Å²) < 4.78 is 22.9. The molecule has 18 heavy (non-hydrogen) atoms. The van der Waals surface area contributed by atoms with Gasteiger partial charge in [-0.2, -0.15) is 0 Å². The van der Waals surface area contributed by atoms with E-state index in [1.807, 2.05) is 31.2 Å². The van der Waals surface area contributed by atoms with E-state index in [2.05, 4.69) is 0 Å². The molecule has 0 radical (unpaired) electrons. The summed E-state index contributed by atoms with van der Waals surface area (Å²) in [5.74, 6) is -0.203. The van der Waals surface area contributed by atoms with Gasteiger partial charge in [0.25, 0.3) is 0 Å². The van der Waals surface area contributed by atoms with Crippen LogP contribution >= 0.6 is 0 Å². The molecule has 0 aromatic heterocycles. The molecule has 5 heteroatoms. The molecule has 1 atom stereocenters. The lowest BCUT2D eigenvalue weighted by Crippen LogP contribution is -2.39. The second kappa shape index (κ2) is 4.57. The van der Waals surface area contributed by atoms with Crippen molar-refractivity contribution in [2.45, 2.75) is 19.9 Å². The normalized spacial score (nSPS) is 20.9. The van der Waals surface area contributed by atoms with Gasteiger partial charge in [-0.15, -0.1) is 0 Å². The number of hydrogen-bond donors (Lipinski definition) is 0. The van der Waals surface area contributed by atoms with Crippen molar-refractivity contribution in [2.75, 3.05) is 10.7 Å². The molecule has 1 aromatic rings. The summed E-state index contributed by atoms with van der Waals surface area (Å²) >= 11 is 0. The van der Waals surface area contributed by atoms with Gasteiger partial charge < -0.3 is 4.90 Å². The zero-order chi connectivity index (χ0) is 13.3. The molecule has 4 nitrogen and oxygen atoms in total. The molecule has 0 saturated heterocycles. The lowest BCUT2D eigenvalue weighted by atomic mass is 10.2. The molecule has 96 valence electrons. The Bertz CT molecular complexity index is 587. The number of rotatable bonds is 2. The van der Waals surface area contributed by atoms with Gasteiger partial charge in [-0.1, -0.05) is 17.7 Å². The molecule has 1 aliphatic rings. The Morgan fingerprint density at radius 1 is 1.28 bits per heavy atom. The second-order valence-electron chi connectivity index (χ2n) is 4.45. The van der Waals surface area contributed by atoms with E-state index in [1.54, 1.807) is 6.08 Å². The van der Waals surface area contributed by atoms with Crippen LogP contribution in [0, 0.1) is 6.92 Å². The molecule has 1 aromatic carbocycles. The fraction of sp³-hybridized carbons (Fsp3) is 0.308. The number of benzene rings is 1. The van der Waals surface area contributed by atoms with Crippen molar-refractivity contribution < 1.29 is 13.2 Å². The molecular formula is C13H15NO3S. The number of hydrogen-bond acceptors (Lipinski definition) is 3. The number of sulfone groups is 1. The highest BCUT2D eigenvalue weighted by atomic mass is 32.2. The summed E-state index contributed by atoms with van der Waals surface area (Å²) in [7, 11) is -3.16. The largest absolute Gasteiger partial charge is 0.305 e. The van der Waals surface area contributed by atoms with Crippen molar-refractivity contribution in [3.05, 3.63) is 41.3 Å². The van der Waals surface area contributed by atoms with Crippen molar-refractivity contribution >= 4 is 21.4 Å². The Balaban J connectivity index is 2.33. The third-order valence-corrected chi connectivity index (χ3v) is 4.27. The highest BCUT2D eigenvalue weighted by Crippen LogP contribution is 2.23. The van der Waals surface area contributed by atoms with Crippen LogP contribution in [0.25, 0.3) is 0 Å². The maximum Gasteiger partial charge on any atom is 0.224 e. The minimum absolute atomic E-state index is 0.0412. The first-order valence-corrected chi connectivity index (χ1v) is 7.38. The van der Waals surface area contributed by atoms with Crippen LogP contribution in [-0.4, -0.2) is 26.1 Å². The highest BCUT2D eigenvalue weighted by Gasteiger charge is 2.29. The van der Waals surface area contributed by atoms with Crippen LogP contribution in [-0.2, 0) is 14.6 Å². The molecule has 0 fully saturated rings. The molecule has 0 bridgehead atoms. The van der Waals surface area contributed by atoms with Gasteiger partial charge in [0.2, 0.25) is 5.91 Å². The van der Waals surface area contributed by atoms with Gasteiger partial charge >= 0.3 is 0 Å².